The average Bonchev–Trinajstić information content (AvgIpc) is 2.68. The maximum Gasteiger partial charge on any atom is 0.252 e. The van der Waals surface area contributed by atoms with Crippen LogP contribution in [0.3, 0.4) is 0 Å². The SMILES string of the molecule is CNC(=O)c1ccc([C@H]2CCCN(C(=O)CC3(O)CCCCC3)C2)nc1. The van der Waals surface area contributed by atoms with Crippen LogP contribution in [0.4, 0.5) is 0 Å². The van der Waals surface area contributed by atoms with Gasteiger partial charge < -0.3 is 15.3 Å². The van der Waals surface area contributed by atoms with Crippen LogP contribution in [0.2, 0.25) is 0 Å². The lowest BCUT2D eigenvalue weighted by molar-refractivity contribution is -0.139. The topological polar surface area (TPSA) is 82.5 Å². The Hall–Kier alpha value is -1.95. The Labute approximate surface area is 155 Å². The molecule has 3 rings (SSSR count). The molecule has 1 saturated carbocycles. The molecule has 0 aromatic carbocycles. The van der Waals surface area contributed by atoms with Crippen molar-refractivity contribution in [1.82, 2.24) is 15.2 Å². The smallest absolute Gasteiger partial charge is 0.252 e. The summed E-state index contributed by atoms with van der Waals surface area (Å²) in [7, 11) is 1.60. The molecule has 0 unspecified atom stereocenters. The van der Waals surface area contributed by atoms with Crippen LogP contribution in [0.25, 0.3) is 0 Å². The van der Waals surface area contributed by atoms with Crippen molar-refractivity contribution in [3.05, 3.63) is 29.6 Å². The summed E-state index contributed by atoms with van der Waals surface area (Å²) >= 11 is 0. The molecule has 2 aliphatic rings. The summed E-state index contributed by atoms with van der Waals surface area (Å²) in [6.45, 7) is 1.39. The van der Waals surface area contributed by atoms with Crippen molar-refractivity contribution in [3.63, 3.8) is 0 Å². The summed E-state index contributed by atoms with van der Waals surface area (Å²) in [5.74, 6) is 0.0961. The average molecular weight is 359 g/mol. The fourth-order valence-corrected chi connectivity index (χ4v) is 4.15. The first-order chi connectivity index (χ1) is 12.5. The van der Waals surface area contributed by atoms with Crippen molar-refractivity contribution >= 4 is 11.8 Å². The molecule has 1 saturated heterocycles. The Bertz CT molecular complexity index is 638. The summed E-state index contributed by atoms with van der Waals surface area (Å²) in [4.78, 5) is 30.7. The van der Waals surface area contributed by atoms with Crippen LogP contribution in [0, 0.1) is 0 Å². The fraction of sp³-hybridized carbons (Fsp3) is 0.650. The van der Waals surface area contributed by atoms with Crippen molar-refractivity contribution in [2.75, 3.05) is 20.1 Å². The van der Waals surface area contributed by atoms with Gasteiger partial charge in [0.25, 0.3) is 5.91 Å². The van der Waals surface area contributed by atoms with Gasteiger partial charge in [0, 0.05) is 37.9 Å². The number of pyridine rings is 1. The molecular formula is C20H29N3O3. The van der Waals surface area contributed by atoms with Gasteiger partial charge in [-0.2, -0.15) is 0 Å². The van der Waals surface area contributed by atoms with Crippen LogP contribution in [0.5, 0.6) is 0 Å². The summed E-state index contributed by atoms with van der Waals surface area (Å²) in [6.07, 6.45) is 8.40. The van der Waals surface area contributed by atoms with Gasteiger partial charge in [0.05, 0.1) is 17.6 Å². The molecule has 0 radical (unpaired) electrons. The van der Waals surface area contributed by atoms with E-state index >= 15 is 0 Å². The number of amides is 2. The summed E-state index contributed by atoms with van der Waals surface area (Å²) in [5, 5.41) is 13.3. The number of piperidine rings is 1. The molecule has 2 fully saturated rings. The highest BCUT2D eigenvalue weighted by molar-refractivity contribution is 5.93. The van der Waals surface area contributed by atoms with E-state index in [1.165, 1.54) is 0 Å². The minimum absolute atomic E-state index is 0.0566. The molecule has 26 heavy (non-hydrogen) atoms. The van der Waals surface area contributed by atoms with Gasteiger partial charge in [0.1, 0.15) is 0 Å². The molecule has 2 amide bonds. The normalized spacial score (nSPS) is 22.7. The summed E-state index contributed by atoms with van der Waals surface area (Å²) < 4.78 is 0. The Kier molecular flexibility index (Phi) is 5.91. The van der Waals surface area contributed by atoms with E-state index in [4.69, 9.17) is 0 Å². The molecule has 0 spiro atoms. The first kappa shape index (κ1) is 18.8. The predicted octanol–water partition coefficient (Wildman–Crippen LogP) is 2.23. The second-order valence-corrected chi connectivity index (χ2v) is 7.69. The number of carbonyl (C=O) groups is 2. The Balaban J connectivity index is 1.61. The van der Waals surface area contributed by atoms with Crippen molar-refractivity contribution in [3.8, 4) is 0 Å². The summed E-state index contributed by atoms with van der Waals surface area (Å²) in [6, 6.07) is 3.67. The van der Waals surface area contributed by atoms with E-state index in [-0.39, 0.29) is 24.2 Å². The van der Waals surface area contributed by atoms with E-state index in [0.29, 0.717) is 12.1 Å². The highest BCUT2D eigenvalue weighted by Gasteiger charge is 2.35. The fourth-order valence-electron chi connectivity index (χ4n) is 4.15. The van der Waals surface area contributed by atoms with Crippen LogP contribution in [0.15, 0.2) is 18.3 Å². The van der Waals surface area contributed by atoms with Crippen LogP contribution in [0.1, 0.15) is 73.3 Å². The van der Waals surface area contributed by atoms with Gasteiger partial charge in [-0.25, -0.2) is 0 Å². The molecule has 1 aliphatic heterocycles. The molecule has 1 aromatic heterocycles. The number of aromatic nitrogens is 1. The first-order valence-corrected chi connectivity index (χ1v) is 9.69. The molecule has 142 valence electrons. The second-order valence-electron chi connectivity index (χ2n) is 7.69. The van der Waals surface area contributed by atoms with E-state index in [1.807, 2.05) is 11.0 Å². The lowest BCUT2D eigenvalue weighted by atomic mass is 9.82. The highest BCUT2D eigenvalue weighted by atomic mass is 16.3. The van der Waals surface area contributed by atoms with Gasteiger partial charge in [0.2, 0.25) is 5.91 Å². The maximum atomic E-state index is 12.7. The lowest BCUT2D eigenvalue weighted by Crippen LogP contribution is -2.44. The number of nitrogens with zero attached hydrogens (tertiary/aromatic N) is 2. The first-order valence-electron chi connectivity index (χ1n) is 9.69. The lowest BCUT2D eigenvalue weighted by Gasteiger charge is -2.37. The van der Waals surface area contributed by atoms with Crippen molar-refractivity contribution in [2.45, 2.75) is 62.9 Å². The second kappa shape index (κ2) is 8.16. The minimum Gasteiger partial charge on any atom is -0.389 e. The van der Waals surface area contributed by atoms with Crippen LogP contribution in [-0.2, 0) is 4.79 Å². The molecule has 1 aliphatic carbocycles. The highest BCUT2D eigenvalue weighted by Crippen LogP contribution is 2.33. The zero-order valence-corrected chi connectivity index (χ0v) is 15.5. The van der Waals surface area contributed by atoms with E-state index in [0.717, 1.165) is 57.2 Å². The van der Waals surface area contributed by atoms with Crippen molar-refractivity contribution in [1.29, 1.82) is 0 Å². The molecule has 6 nitrogen and oxygen atoms in total. The van der Waals surface area contributed by atoms with E-state index in [1.54, 1.807) is 19.3 Å². The Morgan fingerprint density at radius 2 is 2.04 bits per heavy atom. The molecule has 0 bridgehead atoms. The van der Waals surface area contributed by atoms with E-state index in [9.17, 15) is 14.7 Å². The van der Waals surface area contributed by atoms with Gasteiger partial charge in [-0.1, -0.05) is 19.3 Å². The monoisotopic (exact) mass is 359 g/mol. The van der Waals surface area contributed by atoms with Crippen molar-refractivity contribution in [2.24, 2.45) is 0 Å². The Morgan fingerprint density at radius 3 is 2.69 bits per heavy atom. The zero-order valence-electron chi connectivity index (χ0n) is 15.5. The van der Waals surface area contributed by atoms with Gasteiger partial charge >= 0.3 is 0 Å². The van der Waals surface area contributed by atoms with Gasteiger partial charge in [0.15, 0.2) is 0 Å². The Morgan fingerprint density at radius 1 is 1.27 bits per heavy atom. The van der Waals surface area contributed by atoms with E-state index in [2.05, 4.69) is 10.3 Å². The predicted molar refractivity (Wildman–Crippen MR) is 98.8 cm³/mol. The molecule has 1 atom stereocenters. The number of carbonyl (C=O) groups excluding carboxylic acids is 2. The van der Waals surface area contributed by atoms with Crippen LogP contribution in [-0.4, -0.2) is 52.5 Å². The van der Waals surface area contributed by atoms with Gasteiger partial charge in [-0.05, 0) is 37.8 Å². The third-order valence-electron chi connectivity index (χ3n) is 5.73. The molecule has 2 N–H and O–H groups in total. The van der Waals surface area contributed by atoms with Gasteiger partial charge in [-0.3, -0.25) is 14.6 Å². The largest absolute Gasteiger partial charge is 0.389 e. The molecular weight excluding hydrogens is 330 g/mol. The van der Waals surface area contributed by atoms with E-state index < -0.39 is 5.60 Å². The molecule has 1 aromatic rings. The molecule has 2 heterocycles. The summed E-state index contributed by atoms with van der Waals surface area (Å²) in [5.41, 5.74) is 0.654. The number of nitrogens with one attached hydrogen (secondary N) is 1. The van der Waals surface area contributed by atoms with Crippen LogP contribution >= 0.6 is 0 Å². The molecule has 6 heteroatoms. The zero-order chi connectivity index (χ0) is 18.6. The third kappa shape index (κ3) is 4.41. The quantitative estimate of drug-likeness (QED) is 0.864. The minimum atomic E-state index is -0.810. The number of rotatable bonds is 4. The van der Waals surface area contributed by atoms with Gasteiger partial charge in [-0.15, -0.1) is 0 Å². The number of hydrogen-bond donors (Lipinski definition) is 2. The number of hydrogen-bond acceptors (Lipinski definition) is 4. The van der Waals surface area contributed by atoms with Crippen LogP contribution < -0.4 is 5.32 Å². The third-order valence-corrected chi connectivity index (χ3v) is 5.73. The van der Waals surface area contributed by atoms with Crippen molar-refractivity contribution < 1.29 is 14.7 Å². The standard InChI is InChI=1S/C20H29N3O3/c1-21-19(25)15-7-8-17(22-13-15)16-6-5-11-23(14-16)18(24)12-20(26)9-3-2-4-10-20/h7-8,13,16,26H,2-6,9-12,14H2,1H3,(H,21,25)/t16-/m0/s1. The number of likely N-dealkylation sites (tertiary alicyclic amines) is 1. The maximum absolute atomic E-state index is 12.7. The number of aliphatic hydroxyl groups is 1.